The van der Waals surface area contributed by atoms with Crippen LogP contribution in [0.3, 0.4) is 0 Å². The highest BCUT2D eigenvalue weighted by molar-refractivity contribution is 9.10. The van der Waals surface area contributed by atoms with Crippen molar-refractivity contribution in [1.29, 1.82) is 0 Å². The van der Waals surface area contributed by atoms with Gasteiger partial charge >= 0.3 is 0 Å². The first-order chi connectivity index (χ1) is 24.9. The van der Waals surface area contributed by atoms with Gasteiger partial charge in [0.2, 0.25) is 11.9 Å². The van der Waals surface area contributed by atoms with Crippen LogP contribution in [0.1, 0.15) is 66.0 Å². The number of anilines is 2. The number of hydrazone groups is 2. The summed E-state index contributed by atoms with van der Waals surface area (Å²) in [5.74, 6) is 1.16. The molecule has 0 saturated carbocycles. The molecule has 0 radical (unpaired) electrons. The van der Waals surface area contributed by atoms with Gasteiger partial charge in [-0.25, -0.2) is 36.3 Å². The zero-order chi connectivity index (χ0) is 37.9. The number of fused-ring (bicyclic) bond motifs is 2. The summed E-state index contributed by atoms with van der Waals surface area (Å²) in [5, 5.41) is 25.8. The van der Waals surface area contributed by atoms with Crippen molar-refractivity contribution in [3.05, 3.63) is 45.9 Å². The smallest absolute Gasteiger partial charge is 0.265 e. The van der Waals surface area contributed by atoms with E-state index in [4.69, 9.17) is 5.11 Å². The Labute approximate surface area is 323 Å². The van der Waals surface area contributed by atoms with E-state index in [1.165, 1.54) is 0 Å². The van der Waals surface area contributed by atoms with Gasteiger partial charge in [0.1, 0.15) is 4.90 Å². The highest BCUT2D eigenvalue weighted by Crippen LogP contribution is 2.32. The van der Waals surface area contributed by atoms with E-state index in [9.17, 15) is 16.8 Å². The summed E-state index contributed by atoms with van der Waals surface area (Å²) in [6.07, 6.45) is 7.42. The second-order valence-electron chi connectivity index (χ2n) is 12.3. The largest absolute Gasteiger partial charge is 0.397 e. The monoisotopic (exact) mass is 838 g/mol. The van der Waals surface area contributed by atoms with Crippen molar-refractivity contribution in [1.82, 2.24) is 19.5 Å². The van der Waals surface area contributed by atoms with Crippen LogP contribution in [0.4, 0.5) is 11.4 Å². The lowest BCUT2D eigenvalue weighted by atomic mass is 10.1. The lowest BCUT2D eigenvalue weighted by Crippen LogP contribution is -2.41. The summed E-state index contributed by atoms with van der Waals surface area (Å²) in [5.41, 5.74) is 4.01. The van der Waals surface area contributed by atoms with Crippen LogP contribution < -0.4 is 20.1 Å². The van der Waals surface area contributed by atoms with Gasteiger partial charge in [0.15, 0.2) is 0 Å². The molecule has 18 heteroatoms. The number of aliphatic imine (C=N–C) groups is 2. The molecule has 2 unspecified atom stereocenters. The normalized spacial score (nSPS) is 18.8. The van der Waals surface area contributed by atoms with Crippen molar-refractivity contribution >= 4 is 71.7 Å². The summed E-state index contributed by atoms with van der Waals surface area (Å²) < 4.78 is 57.0. The van der Waals surface area contributed by atoms with Crippen LogP contribution in [-0.2, 0) is 32.9 Å². The van der Waals surface area contributed by atoms with Crippen LogP contribution in [0.25, 0.3) is 0 Å². The van der Waals surface area contributed by atoms with E-state index in [1.54, 1.807) is 35.1 Å². The number of rotatable bonds is 8. The number of benzene rings is 2. The first-order valence-electron chi connectivity index (χ1n) is 17.7. The van der Waals surface area contributed by atoms with Gasteiger partial charge in [-0.15, -0.1) is 0 Å². The number of nitrogens with one attached hydrogen (secondary N) is 4. The zero-order valence-electron chi connectivity index (χ0n) is 30.4. The summed E-state index contributed by atoms with van der Waals surface area (Å²) >= 11 is 3.39. The molecule has 0 aliphatic carbocycles. The molecule has 15 nitrogen and oxygen atoms in total. The number of hydrogen-bond donors (Lipinski definition) is 5. The maximum absolute atomic E-state index is 12.9. The molecular weight excluding hydrogens is 784 g/mol. The van der Waals surface area contributed by atoms with Crippen molar-refractivity contribution in [2.75, 3.05) is 56.5 Å². The zero-order valence-corrected chi connectivity index (χ0v) is 33.7. The van der Waals surface area contributed by atoms with Crippen molar-refractivity contribution in [3.8, 4) is 0 Å². The third-order valence-electron chi connectivity index (χ3n) is 8.51. The molecule has 0 spiro atoms. The molecule has 0 amide bonds. The molecule has 0 fully saturated rings. The van der Waals surface area contributed by atoms with Crippen LogP contribution in [0.5, 0.6) is 0 Å². The van der Waals surface area contributed by atoms with E-state index in [0.717, 1.165) is 61.3 Å². The number of halogens is 1. The molecule has 2 aromatic rings. The van der Waals surface area contributed by atoms with Crippen LogP contribution >= 0.6 is 15.9 Å². The Kier molecular flexibility index (Phi) is 16.5. The minimum absolute atomic E-state index is 0. The SMILES string of the molecule is C.CCN=C(NS(=O)(=O)c1cc2c(cc1Br)CCN2)N1CC(CC)C=N1.CCN=C(NS(=O)(=O)c1ccc2c(c1)NCC2)N1CC(CC)C=N1.CCO. The van der Waals surface area contributed by atoms with Crippen molar-refractivity contribution < 1.29 is 21.9 Å². The van der Waals surface area contributed by atoms with Gasteiger partial charge in [-0.3, -0.25) is 9.98 Å². The number of guanidine groups is 2. The van der Waals surface area contributed by atoms with E-state index < -0.39 is 20.0 Å². The van der Waals surface area contributed by atoms with Crippen LogP contribution in [0.2, 0.25) is 0 Å². The Morgan fingerprint density at radius 1 is 0.811 bits per heavy atom. The van der Waals surface area contributed by atoms with Crippen molar-refractivity contribution in [3.63, 3.8) is 0 Å². The maximum Gasteiger partial charge on any atom is 0.265 e. The quantitative estimate of drug-likeness (QED) is 0.186. The Hall–Kier alpha value is -3.74. The molecule has 2 atom stereocenters. The second-order valence-corrected chi connectivity index (χ2v) is 16.5. The molecule has 53 heavy (non-hydrogen) atoms. The third kappa shape index (κ3) is 11.4. The Balaban J connectivity index is 0.000000261. The molecule has 2 aromatic carbocycles. The average molecular weight is 840 g/mol. The fourth-order valence-corrected chi connectivity index (χ4v) is 8.85. The molecule has 0 bridgehead atoms. The Morgan fingerprint density at radius 3 is 1.79 bits per heavy atom. The molecule has 0 aromatic heterocycles. The molecule has 4 aliphatic rings. The van der Waals surface area contributed by atoms with Gasteiger partial charge in [-0.05, 0) is 97.8 Å². The third-order valence-corrected chi connectivity index (χ3v) is 12.1. The maximum atomic E-state index is 12.9. The predicted molar refractivity (Wildman–Crippen MR) is 219 cm³/mol. The Morgan fingerprint density at radius 2 is 1.30 bits per heavy atom. The van der Waals surface area contributed by atoms with Crippen LogP contribution in [0, 0.1) is 11.8 Å². The highest BCUT2D eigenvalue weighted by atomic mass is 79.9. The number of nitrogens with zero attached hydrogens (tertiary/aromatic N) is 6. The lowest BCUT2D eigenvalue weighted by Gasteiger charge is -2.20. The van der Waals surface area contributed by atoms with Gasteiger partial charge in [0.25, 0.3) is 20.0 Å². The first-order valence-corrected chi connectivity index (χ1v) is 21.5. The van der Waals surface area contributed by atoms with E-state index in [1.807, 2.05) is 38.4 Å². The van der Waals surface area contributed by atoms with Crippen molar-refractivity contribution in [2.45, 2.75) is 77.5 Å². The predicted octanol–water partition coefficient (Wildman–Crippen LogP) is 4.67. The average Bonchev–Trinajstić information content (AvgIpc) is 3.94. The summed E-state index contributed by atoms with van der Waals surface area (Å²) in [4.78, 5) is 9.00. The van der Waals surface area contributed by atoms with Crippen LogP contribution in [-0.4, -0.2) is 102 Å². The Bertz CT molecular complexity index is 1890. The summed E-state index contributed by atoms with van der Waals surface area (Å²) in [6.45, 7) is 13.7. The number of hydrogen-bond acceptors (Lipinski definition) is 11. The van der Waals surface area contributed by atoms with Gasteiger partial charge < -0.3 is 15.7 Å². The van der Waals surface area contributed by atoms with Gasteiger partial charge in [-0.1, -0.05) is 27.3 Å². The summed E-state index contributed by atoms with van der Waals surface area (Å²) in [6, 6.07) is 8.71. The molecular formula is C35H55BrN10O5S2. The minimum Gasteiger partial charge on any atom is -0.397 e. The summed E-state index contributed by atoms with van der Waals surface area (Å²) in [7, 11) is -7.48. The van der Waals surface area contributed by atoms with E-state index in [-0.39, 0.29) is 35.7 Å². The van der Waals surface area contributed by atoms with Crippen LogP contribution in [0.15, 0.2) is 64.8 Å². The van der Waals surface area contributed by atoms with Crippen molar-refractivity contribution in [2.24, 2.45) is 32.0 Å². The van der Waals surface area contributed by atoms with E-state index in [0.29, 0.717) is 42.5 Å². The van der Waals surface area contributed by atoms with E-state index in [2.05, 4.69) is 70.0 Å². The molecule has 4 aliphatic heterocycles. The van der Waals surface area contributed by atoms with Gasteiger partial charge in [-0.2, -0.15) is 10.2 Å². The first kappa shape index (κ1) is 43.7. The molecule has 5 N–H and O–H groups in total. The topological polar surface area (TPSA) is 193 Å². The fraction of sp³-hybridized carbons (Fsp3) is 0.543. The number of aliphatic hydroxyl groups excluding tert-OH is 1. The standard InChI is InChI=1S/C16H22BrN5O2S.C16H23N5O2S.C2H6O.CH4/c1-3-11-9-20-22(10-11)16(18-4-2)21-25(23,24)15-8-14-12(5-6-19-14)7-13(15)17;1-3-12-10-19-21(11-12)16(17-4-2)20-24(22,23)14-6-5-13-7-8-18-15(13)9-14;1-2-3;/h7-9,11,19H,3-6,10H2,1-2H3,(H,18,21);5-6,9-10,12,18H,3-4,7-8,11H2,1-2H3,(H,17,20);3H,2H2,1H3;1H4. The minimum atomic E-state index is -3.78. The molecule has 0 saturated heterocycles. The lowest BCUT2D eigenvalue weighted by molar-refractivity contribution is 0.318. The molecule has 294 valence electrons. The molecule has 4 heterocycles. The van der Waals surface area contributed by atoms with Gasteiger partial charge in [0.05, 0.1) is 18.0 Å². The van der Waals surface area contributed by atoms with E-state index >= 15 is 0 Å². The number of aliphatic hydroxyl groups is 1. The molecule has 6 rings (SSSR count). The number of sulfonamides is 2. The fourth-order valence-electron chi connectivity index (χ4n) is 5.66. The highest BCUT2D eigenvalue weighted by Gasteiger charge is 2.28. The second kappa shape index (κ2) is 20.1. The van der Waals surface area contributed by atoms with Gasteiger partial charge in [0, 0.05) is 72.9 Å².